The van der Waals surface area contributed by atoms with Crippen molar-refractivity contribution in [2.75, 3.05) is 13.1 Å². The van der Waals surface area contributed by atoms with E-state index in [0.717, 1.165) is 12.1 Å². The third kappa shape index (κ3) is 3.23. The van der Waals surface area contributed by atoms with Crippen LogP contribution in [0.25, 0.3) is 0 Å². The largest absolute Gasteiger partial charge is 0.573 e. The molecule has 1 aromatic rings. The van der Waals surface area contributed by atoms with Crippen LogP contribution in [-0.4, -0.2) is 25.6 Å². The second kappa shape index (κ2) is 4.40. The van der Waals surface area contributed by atoms with Crippen LogP contribution >= 0.6 is 0 Å². The molecule has 3 nitrogen and oxygen atoms in total. The summed E-state index contributed by atoms with van der Waals surface area (Å²) in [6.07, 6.45) is -4.97. The van der Waals surface area contributed by atoms with Gasteiger partial charge in [-0.1, -0.05) is 0 Å². The first-order valence-corrected chi connectivity index (χ1v) is 4.87. The quantitative estimate of drug-likeness (QED) is 0.834. The molecule has 1 aliphatic rings. The van der Waals surface area contributed by atoms with Gasteiger partial charge in [-0.3, -0.25) is 0 Å². The fourth-order valence-electron chi connectivity index (χ4n) is 1.30. The van der Waals surface area contributed by atoms with E-state index in [-0.39, 0.29) is 11.9 Å². The Balaban J connectivity index is 2.05. The minimum absolute atomic E-state index is 0.0659. The molecule has 94 valence electrons. The van der Waals surface area contributed by atoms with E-state index in [2.05, 4.69) is 10.1 Å². The van der Waals surface area contributed by atoms with Gasteiger partial charge in [-0.2, -0.15) is 0 Å². The lowest BCUT2D eigenvalue weighted by Crippen LogP contribution is -2.50. The Bertz CT molecular complexity index is 404. The molecule has 1 heterocycles. The van der Waals surface area contributed by atoms with E-state index in [4.69, 9.17) is 4.74 Å². The van der Waals surface area contributed by atoms with Gasteiger partial charge >= 0.3 is 6.36 Å². The Morgan fingerprint density at radius 1 is 1.24 bits per heavy atom. The van der Waals surface area contributed by atoms with Crippen molar-refractivity contribution in [2.45, 2.75) is 12.5 Å². The highest BCUT2D eigenvalue weighted by Gasteiger charge is 2.32. The Morgan fingerprint density at radius 3 is 2.41 bits per heavy atom. The van der Waals surface area contributed by atoms with Crippen LogP contribution in [0.2, 0.25) is 0 Å². The zero-order chi connectivity index (χ0) is 12.5. The summed E-state index contributed by atoms with van der Waals surface area (Å²) in [5.74, 6) is -1.78. The van der Waals surface area contributed by atoms with Gasteiger partial charge < -0.3 is 14.8 Å². The molecule has 1 aliphatic heterocycles. The molecular weight excluding hydrogens is 242 g/mol. The van der Waals surface area contributed by atoms with Gasteiger partial charge in [0, 0.05) is 19.2 Å². The molecule has 0 atom stereocenters. The van der Waals surface area contributed by atoms with Crippen LogP contribution in [0.1, 0.15) is 0 Å². The maximum atomic E-state index is 13.2. The fraction of sp³-hybridized carbons (Fsp3) is 0.400. The van der Waals surface area contributed by atoms with E-state index in [0.29, 0.717) is 13.1 Å². The predicted octanol–water partition coefficient (Wildman–Crippen LogP) is 2.07. The first-order chi connectivity index (χ1) is 7.94. The van der Waals surface area contributed by atoms with Crippen molar-refractivity contribution >= 4 is 0 Å². The first-order valence-electron chi connectivity index (χ1n) is 4.87. The van der Waals surface area contributed by atoms with E-state index >= 15 is 0 Å². The van der Waals surface area contributed by atoms with Crippen LogP contribution in [0.3, 0.4) is 0 Å². The third-order valence-electron chi connectivity index (χ3n) is 2.18. The Morgan fingerprint density at radius 2 is 1.94 bits per heavy atom. The lowest BCUT2D eigenvalue weighted by atomic mass is 10.2. The summed E-state index contributed by atoms with van der Waals surface area (Å²) in [5, 5.41) is 2.95. The Labute approximate surface area is 94.3 Å². The Hall–Kier alpha value is -1.50. The molecule has 17 heavy (non-hydrogen) atoms. The highest BCUT2D eigenvalue weighted by atomic mass is 19.4. The highest BCUT2D eigenvalue weighted by Crippen LogP contribution is 2.28. The minimum atomic E-state index is -4.90. The number of benzene rings is 1. The van der Waals surface area contributed by atoms with Crippen LogP contribution in [0.5, 0.6) is 11.5 Å². The number of hydrogen-bond acceptors (Lipinski definition) is 3. The third-order valence-corrected chi connectivity index (χ3v) is 2.18. The zero-order valence-electron chi connectivity index (χ0n) is 8.55. The molecule has 1 aromatic carbocycles. The lowest BCUT2D eigenvalue weighted by molar-refractivity contribution is -0.275. The van der Waals surface area contributed by atoms with Crippen LogP contribution in [0.4, 0.5) is 17.6 Å². The van der Waals surface area contributed by atoms with E-state index in [1.54, 1.807) is 0 Å². The molecule has 0 aliphatic carbocycles. The number of rotatable bonds is 3. The zero-order valence-corrected chi connectivity index (χ0v) is 8.55. The average Bonchev–Trinajstić information content (AvgIpc) is 2.14. The lowest BCUT2D eigenvalue weighted by Gasteiger charge is -2.27. The van der Waals surface area contributed by atoms with E-state index < -0.39 is 17.9 Å². The van der Waals surface area contributed by atoms with Gasteiger partial charge in [-0.05, 0) is 12.1 Å². The highest BCUT2D eigenvalue weighted by molar-refractivity contribution is 5.33. The number of nitrogens with one attached hydrogen (secondary N) is 1. The summed E-state index contributed by atoms with van der Waals surface area (Å²) in [6.45, 7) is 1.28. The topological polar surface area (TPSA) is 30.5 Å². The molecule has 0 unspecified atom stereocenters. The second-order valence-electron chi connectivity index (χ2n) is 3.54. The van der Waals surface area contributed by atoms with Crippen LogP contribution in [-0.2, 0) is 0 Å². The smallest absolute Gasteiger partial charge is 0.488 e. The molecule has 1 fully saturated rings. The van der Waals surface area contributed by atoms with Crippen LogP contribution in [0, 0.1) is 5.82 Å². The molecule has 2 rings (SSSR count). The van der Waals surface area contributed by atoms with E-state index in [1.165, 1.54) is 6.07 Å². The predicted molar refractivity (Wildman–Crippen MR) is 50.4 cm³/mol. The van der Waals surface area contributed by atoms with Crippen molar-refractivity contribution in [1.29, 1.82) is 0 Å². The number of alkyl halides is 3. The van der Waals surface area contributed by atoms with Crippen molar-refractivity contribution in [2.24, 2.45) is 0 Å². The van der Waals surface area contributed by atoms with Crippen molar-refractivity contribution in [3.8, 4) is 11.5 Å². The summed E-state index contributed by atoms with van der Waals surface area (Å²) >= 11 is 0. The number of hydrogen-bond donors (Lipinski definition) is 1. The van der Waals surface area contributed by atoms with E-state index in [9.17, 15) is 17.6 Å². The summed E-state index contributed by atoms with van der Waals surface area (Å²) in [5.41, 5.74) is 0. The van der Waals surface area contributed by atoms with E-state index in [1.807, 2.05) is 0 Å². The first kappa shape index (κ1) is 12.0. The molecule has 0 saturated carbocycles. The van der Waals surface area contributed by atoms with Gasteiger partial charge in [0.25, 0.3) is 0 Å². The number of halogens is 4. The molecular formula is C10H9F4NO2. The molecule has 1 N–H and O–H groups in total. The minimum Gasteiger partial charge on any atom is -0.488 e. The SMILES string of the molecule is Fc1cc(OC2CNC2)ccc1OC(F)(F)F. The van der Waals surface area contributed by atoms with Gasteiger partial charge in [-0.15, -0.1) is 13.2 Å². The summed E-state index contributed by atoms with van der Waals surface area (Å²) in [7, 11) is 0. The molecule has 7 heteroatoms. The van der Waals surface area contributed by atoms with Crippen molar-refractivity contribution < 1.29 is 27.0 Å². The van der Waals surface area contributed by atoms with Gasteiger partial charge in [0.15, 0.2) is 11.6 Å². The summed E-state index contributed by atoms with van der Waals surface area (Å²) < 4.78 is 57.6. The fourth-order valence-corrected chi connectivity index (χ4v) is 1.30. The van der Waals surface area contributed by atoms with Crippen molar-refractivity contribution in [3.63, 3.8) is 0 Å². The maximum Gasteiger partial charge on any atom is 0.573 e. The van der Waals surface area contributed by atoms with Gasteiger partial charge in [-0.25, -0.2) is 4.39 Å². The van der Waals surface area contributed by atoms with Crippen molar-refractivity contribution in [3.05, 3.63) is 24.0 Å². The molecule has 0 amide bonds. The standard InChI is InChI=1S/C10H9F4NO2/c11-8-3-6(16-7-4-15-5-7)1-2-9(8)17-10(12,13)14/h1-3,7,15H,4-5H2. The molecule has 0 bridgehead atoms. The monoisotopic (exact) mass is 251 g/mol. The van der Waals surface area contributed by atoms with Crippen molar-refractivity contribution in [1.82, 2.24) is 5.32 Å². The van der Waals surface area contributed by atoms with Gasteiger partial charge in [0.1, 0.15) is 11.9 Å². The van der Waals surface area contributed by atoms with Gasteiger partial charge in [0.05, 0.1) is 0 Å². The van der Waals surface area contributed by atoms with Crippen LogP contribution < -0.4 is 14.8 Å². The summed E-state index contributed by atoms with van der Waals surface area (Å²) in [6, 6.07) is 3.01. The molecule has 0 aromatic heterocycles. The normalized spacial score (nSPS) is 16.5. The Kier molecular flexibility index (Phi) is 3.10. The molecule has 0 spiro atoms. The average molecular weight is 251 g/mol. The summed E-state index contributed by atoms with van der Waals surface area (Å²) in [4.78, 5) is 0. The molecule has 1 saturated heterocycles. The van der Waals surface area contributed by atoms with Gasteiger partial charge in [0.2, 0.25) is 0 Å². The number of ether oxygens (including phenoxy) is 2. The second-order valence-corrected chi connectivity index (χ2v) is 3.54. The van der Waals surface area contributed by atoms with Crippen LogP contribution in [0.15, 0.2) is 18.2 Å². The maximum absolute atomic E-state index is 13.2. The molecule has 0 radical (unpaired) electrons.